The standard InChI is InChI=1S/C13H14ClNO3S/c1-2-9-19(17,18)15-8-7-10-5-3-4-6-11(10)12(15)13(14)16/h2-6,12H,1,7-9H2. The molecule has 6 heteroatoms. The molecule has 0 fully saturated rings. The highest BCUT2D eigenvalue weighted by molar-refractivity contribution is 7.89. The van der Waals surface area contributed by atoms with Gasteiger partial charge in [-0.1, -0.05) is 30.3 Å². The van der Waals surface area contributed by atoms with Crippen molar-refractivity contribution in [3.8, 4) is 0 Å². The van der Waals surface area contributed by atoms with E-state index in [4.69, 9.17) is 11.6 Å². The van der Waals surface area contributed by atoms with Gasteiger partial charge in [0.2, 0.25) is 15.3 Å². The zero-order valence-electron chi connectivity index (χ0n) is 10.3. The summed E-state index contributed by atoms with van der Waals surface area (Å²) in [4.78, 5) is 11.7. The first-order valence-corrected chi connectivity index (χ1v) is 7.83. The molecule has 0 saturated heterocycles. The molecule has 0 aromatic heterocycles. The Labute approximate surface area is 117 Å². The van der Waals surface area contributed by atoms with Gasteiger partial charge in [-0.3, -0.25) is 4.79 Å². The van der Waals surface area contributed by atoms with E-state index in [1.807, 2.05) is 12.1 Å². The van der Waals surface area contributed by atoms with Gasteiger partial charge in [-0.2, -0.15) is 4.31 Å². The Morgan fingerprint density at radius 2 is 2.16 bits per heavy atom. The monoisotopic (exact) mass is 299 g/mol. The first-order chi connectivity index (χ1) is 8.97. The van der Waals surface area contributed by atoms with E-state index < -0.39 is 21.3 Å². The minimum atomic E-state index is -3.56. The lowest BCUT2D eigenvalue weighted by Crippen LogP contribution is -2.43. The van der Waals surface area contributed by atoms with Crippen LogP contribution in [0.2, 0.25) is 0 Å². The van der Waals surface area contributed by atoms with Crippen LogP contribution in [0, 0.1) is 0 Å². The molecule has 0 N–H and O–H groups in total. The Bertz CT molecular complexity index is 612. The predicted octanol–water partition coefficient (Wildman–Crippen LogP) is 1.87. The van der Waals surface area contributed by atoms with Crippen LogP contribution in [-0.2, 0) is 21.2 Å². The second-order valence-corrected chi connectivity index (χ2v) is 6.67. The van der Waals surface area contributed by atoms with E-state index >= 15 is 0 Å². The van der Waals surface area contributed by atoms with Crippen molar-refractivity contribution in [3.63, 3.8) is 0 Å². The molecule has 0 aliphatic carbocycles. The number of carbonyl (C=O) groups is 1. The van der Waals surface area contributed by atoms with E-state index in [-0.39, 0.29) is 12.3 Å². The van der Waals surface area contributed by atoms with Crippen LogP contribution >= 0.6 is 11.6 Å². The van der Waals surface area contributed by atoms with Crippen LogP contribution in [-0.4, -0.2) is 30.3 Å². The van der Waals surface area contributed by atoms with Gasteiger partial charge in [-0.15, -0.1) is 6.58 Å². The number of halogens is 1. The van der Waals surface area contributed by atoms with Gasteiger partial charge >= 0.3 is 0 Å². The fourth-order valence-electron chi connectivity index (χ4n) is 2.32. The zero-order valence-corrected chi connectivity index (χ0v) is 11.8. The Kier molecular flexibility index (Phi) is 4.08. The summed E-state index contributed by atoms with van der Waals surface area (Å²) < 4.78 is 25.5. The van der Waals surface area contributed by atoms with Crippen molar-refractivity contribution in [2.24, 2.45) is 0 Å². The van der Waals surface area contributed by atoms with Gasteiger partial charge in [-0.05, 0) is 29.1 Å². The average molecular weight is 300 g/mol. The molecule has 4 nitrogen and oxygen atoms in total. The predicted molar refractivity (Wildman–Crippen MR) is 74.4 cm³/mol. The van der Waals surface area contributed by atoms with Crippen LogP contribution in [0.5, 0.6) is 0 Å². The van der Waals surface area contributed by atoms with Crippen LogP contribution < -0.4 is 0 Å². The molecule has 19 heavy (non-hydrogen) atoms. The molecule has 0 spiro atoms. The molecule has 102 valence electrons. The second kappa shape index (κ2) is 5.45. The number of fused-ring (bicyclic) bond motifs is 1. The number of hydrogen-bond acceptors (Lipinski definition) is 3. The van der Waals surface area contributed by atoms with Crippen molar-refractivity contribution in [1.82, 2.24) is 4.31 Å². The summed E-state index contributed by atoms with van der Waals surface area (Å²) in [5.74, 6) is -0.199. The molecule has 0 radical (unpaired) electrons. The largest absolute Gasteiger partial charge is 0.279 e. The highest BCUT2D eigenvalue weighted by atomic mass is 35.5. The fraction of sp³-hybridized carbons (Fsp3) is 0.308. The lowest BCUT2D eigenvalue weighted by atomic mass is 9.95. The molecule has 1 unspecified atom stereocenters. The summed E-state index contributed by atoms with van der Waals surface area (Å²) in [7, 11) is -3.56. The fourth-order valence-corrected chi connectivity index (χ4v) is 4.01. The topological polar surface area (TPSA) is 54.5 Å². The molecule has 2 rings (SSSR count). The number of sulfonamides is 1. The normalized spacial score (nSPS) is 19.7. The van der Waals surface area contributed by atoms with Gasteiger partial charge in [-0.25, -0.2) is 8.42 Å². The van der Waals surface area contributed by atoms with Crippen LogP contribution in [0.1, 0.15) is 17.2 Å². The average Bonchev–Trinajstić information content (AvgIpc) is 2.37. The lowest BCUT2D eigenvalue weighted by Gasteiger charge is -2.33. The van der Waals surface area contributed by atoms with Gasteiger partial charge < -0.3 is 0 Å². The van der Waals surface area contributed by atoms with Crippen molar-refractivity contribution in [2.75, 3.05) is 12.3 Å². The molecular formula is C13H14ClNO3S. The number of carbonyl (C=O) groups excluding carboxylic acids is 1. The molecule has 1 atom stereocenters. The van der Waals surface area contributed by atoms with Crippen LogP contribution in [0.15, 0.2) is 36.9 Å². The minimum absolute atomic E-state index is 0.199. The zero-order chi connectivity index (χ0) is 14.0. The maximum absolute atomic E-state index is 12.2. The van der Waals surface area contributed by atoms with Gasteiger partial charge in [0.15, 0.2) is 0 Å². The van der Waals surface area contributed by atoms with E-state index in [1.54, 1.807) is 12.1 Å². The number of benzene rings is 1. The third-order valence-corrected chi connectivity index (χ3v) is 5.11. The molecule has 0 bridgehead atoms. The van der Waals surface area contributed by atoms with Crippen molar-refractivity contribution in [1.29, 1.82) is 0 Å². The lowest BCUT2D eigenvalue weighted by molar-refractivity contribution is -0.115. The SMILES string of the molecule is C=CCS(=O)(=O)N1CCc2ccccc2C1C(=O)Cl. The molecular weight excluding hydrogens is 286 g/mol. The van der Waals surface area contributed by atoms with E-state index in [2.05, 4.69) is 6.58 Å². The third kappa shape index (κ3) is 2.73. The van der Waals surface area contributed by atoms with Crippen molar-refractivity contribution in [2.45, 2.75) is 12.5 Å². The molecule has 0 amide bonds. The summed E-state index contributed by atoms with van der Waals surface area (Å²) in [6, 6.07) is 6.34. The van der Waals surface area contributed by atoms with E-state index in [1.165, 1.54) is 10.4 Å². The summed E-state index contributed by atoms with van der Waals surface area (Å²) in [5, 5.41) is -0.681. The summed E-state index contributed by atoms with van der Waals surface area (Å²) in [5.41, 5.74) is 1.63. The Hall–Kier alpha value is -1.17. The molecule has 1 aromatic carbocycles. The summed E-state index contributed by atoms with van der Waals surface area (Å²) in [6.45, 7) is 3.69. The molecule has 0 saturated carbocycles. The maximum atomic E-state index is 12.2. The first-order valence-electron chi connectivity index (χ1n) is 5.85. The Morgan fingerprint density at radius 3 is 2.79 bits per heavy atom. The quantitative estimate of drug-likeness (QED) is 0.630. The van der Waals surface area contributed by atoms with E-state index in [0.717, 1.165) is 5.56 Å². The Balaban J connectivity index is 2.49. The van der Waals surface area contributed by atoms with Gasteiger partial charge in [0.1, 0.15) is 6.04 Å². The number of nitrogens with zero attached hydrogens (tertiary/aromatic N) is 1. The summed E-state index contributed by atoms with van der Waals surface area (Å²) in [6.07, 6.45) is 1.89. The van der Waals surface area contributed by atoms with E-state index in [0.29, 0.717) is 12.0 Å². The number of rotatable bonds is 4. The van der Waals surface area contributed by atoms with Gasteiger partial charge in [0.05, 0.1) is 5.75 Å². The first kappa shape index (κ1) is 14.2. The third-order valence-electron chi connectivity index (χ3n) is 3.14. The molecule has 1 aliphatic heterocycles. The van der Waals surface area contributed by atoms with Gasteiger partial charge in [0.25, 0.3) is 0 Å². The van der Waals surface area contributed by atoms with Crippen molar-refractivity contribution in [3.05, 3.63) is 48.0 Å². The van der Waals surface area contributed by atoms with Crippen LogP contribution in [0.3, 0.4) is 0 Å². The second-order valence-electron chi connectivity index (χ2n) is 4.33. The van der Waals surface area contributed by atoms with Crippen LogP contribution in [0.4, 0.5) is 0 Å². The maximum Gasteiger partial charge on any atom is 0.244 e. The summed E-state index contributed by atoms with van der Waals surface area (Å²) >= 11 is 5.61. The molecule has 1 heterocycles. The number of hydrogen-bond donors (Lipinski definition) is 0. The molecule has 1 aromatic rings. The molecule has 1 aliphatic rings. The van der Waals surface area contributed by atoms with Crippen LogP contribution in [0.25, 0.3) is 0 Å². The highest BCUT2D eigenvalue weighted by Crippen LogP contribution is 2.33. The van der Waals surface area contributed by atoms with Crippen molar-refractivity contribution < 1.29 is 13.2 Å². The van der Waals surface area contributed by atoms with E-state index in [9.17, 15) is 13.2 Å². The minimum Gasteiger partial charge on any atom is -0.279 e. The highest BCUT2D eigenvalue weighted by Gasteiger charge is 2.38. The van der Waals surface area contributed by atoms with Crippen molar-refractivity contribution >= 4 is 26.9 Å². The van der Waals surface area contributed by atoms with Gasteiger partial charge in [0, 0.05) is 6.54 Å². The Morgan fingerprint density at radius 1 is 1.47 bits per heavy atom. The smallest absolute Gasteiger partial charge is 0.244 e.